The van der Waals surface area contributed by atoms with Gasteiger partial charge in [-0.2, -0.15) is 4.98 Å². The second kappa shape index (κ2) is 8.56. The normalized spacial score (nSPS) is 24.6. The van der Waals surface area contributed by atoms with Crippen molar-refractivity contribution in [2.45, 2.75) is 77.7 Å². The lowest BCUT2D eigenvalue weighted by molar-refractivity contribution is 0.0168. The van der Waals surface area contributed by atoms with Crippen LogP contribution in [-0.2, 0) is 0 Å². The first kappa shape index (κ1) is 20.7. The molecule has 0 aliphatic heterocycles. The van der Waals surface area contributed by atoms with Crippen molar-refractivity contribution in [2.75, 3.05) is 6.61 Å². The van der Waals surface area contributed by atoms with E-state index in [1.54, 1.807) is 0 Å². The standard InChI is InChI=1S/C23H33N3O2/c1-15-6-7-21(25-12-15)17(3)16(2)14-28-22-20(13-24-18(4)26-22)19-8-10-23(5,27)11-9-19/h6-7,12-13,16-17,19,27H,8-11,14H2,1-5H3/t16-,17+,19-,23+/m1/s1. The topological polar surface area (TPSA) is 68.1 Å². The molecule has 5 nitrogen and oxygen atoms in total. The third-order valence-electron chi connectivity index (χ3n) is 6.14. The second-order valence-electron chi connectivity index (χ2n) is 8.79. The Hall–Kier alpha value is -2.01. The van der Waals surface area contributed by atoms with Gasteiger partial charge in [-0.15, -0.1) is 0 Å². The molecule has 3 rings (SSSR count). The number of hydrogen-bond acceptors (Lipinski definition) is 5. The van der Waals surface area contributed by atoms with Gasteiger partial charge in [-0.05, 0) is 69.9 Å². The zero-order valence-electron chi connectivity index (χ0n) is 17.8. The number of aliphatic hydroxyl groups is 1. The highest BCUT2D eigenvalue weighted by Gasteiger charge is 2.31. The van der Waals surface area contributed by atoms with Crippen LogP contribution in [0, 0.1) is 19.8 Å². The Bertz CT molecular complexity index is 779. The summed E-state index contributed by atoms with van der Waals surface area (Å²) in [5.41, 5.74) is 2.80. The molecule has 2 atom stereocenters. The van der Waals surface area contributed by atoms with Crippen LogP contribution in [0.5, 0.6) is 5.88 Å². The fourth-order valence-electron chi connectivity index (χ4n) is 3.80. The maximum Gasteiger partial charge on any atom is 0.220 e. The number of aromatic nitrogens is 3. The maximum absolute atomic E-state index is 10.2. The smallest absolute Gasteiger partial charge is 0.220 e. The Balaban J connectivity index is 1.68. The summed E-state index contributed by atoms with van der Waals surface area (Å²) in [6.45, 7) is 10.8. The summed E-state index contributed by atoms with van der Waals surface area (Å²) < 4.78 is 6.21. The van der Waals surface area contributed by atoms with Crippen LogP contribution >= 0.6 is 0 Å². The van der Waals surface area contributed by atoms with E-state index in [2.05, 4.69) is 47.9 Å². The Labute approximate surface area is 168 Å². The summed E-state index contributed by atoms with van der Waals surface area (Å²) in [5, 5.41) is 10.2. The van der Waals surface area contributed by atoms with Gasteiger partial charge in [0.15, 0.2) is 0 Å². The molecule has 28 heavy (non-hydrogen) atoms. The Morgan fingerprint density at radius 1 is 1.14 bits per heavy atom. The van der Waals surface area contributed by atoms with Gasteiger partial charge in [-0.25, -0.2) is 4.98 Å². The number of pyridine rings is 1. The molecular formula is C23H33N3O2. The third-order valence-corrected chi connectivity index (χ3v) is 6.14. The van der Waals surface area contributed by atoms with Gasteiger partial charge in [-0.3, -0.25) is 4.98 Å². The van der Waals surface area contributed by atoms with Crippen molar-refractivity contribution in [2.24, 2.45) is 5.92 Å². The minimum absolute atomic E-state index is 0.303. The fraction of sp³-hybridized carbons (Fsp3) is 0.609. The predicted molar refractivity (Wildman–Crippen MR) is 111 cm³/mol. The van der Waals surface area contributed by atoms with Crippen molar-refractivity contribution in [3.05, 3.63) is 47.2 Å². The molecule has 0 saturated heterocycles. The van der Waals surface area contributed by atoms with Crippen molar-refractivity contribution in [1.82, 2.24) is 15.0 Å². The Morgan fingerprint density at radius 3 is 2.50 bits per heavy atom. The molecule has 1 aliphatic carbocycles. The first-order valence-corrected chi connectivity index (χ1v) is 10.4. The van der Waals surface area contributed by atoms with Crippen LogP contribution in [0.15, 0.2) is 24.5 Å². The van der Waals surface area contributed by atoms with Crippen LogP contribution in [0.25, 0.3) is 0 Å². The van der Waals surface area contributed by atoms with Crippen molar-refractivity contribution >= 4 is 0 Å². The minimum Gasteiger partial charge on any atom is -0.477 e. The van der Waals surface area contributed by atoms with Crippen LogP contribution < -0.4 is 4.74 Å². The van der Waals surface area contributed by atoms with Gasteiger partial charge in [-0.1, -0.05) is 19.9 Å². The highest BCUT2D eigenvalue weighted by Crippen LogP contribution is 2.40. The van der Waals surface area contributed by atoms with Crippen molar-refractivity contribution < 1.29 is 9.84 Å². The zero-order valence-corrected chi connectivity index (χ0v) is 17.8. The second-order valence-corrected chi connectivity index (χ2v) is 8.79. The molecule has 1 N–H and O–H groups in total. The van der Waals surface area contributed by atoms with Gasteiger partial charge < -0.3 is 9.84 Å². The van der Waals surface area contributed by atoms with E-state index >= 15 is 0 Å². The molecule has 0 amide bonds. The molecule has 0 bridgehead atoms. The van der Waals surface area contributed by atoms with Crippen molar-refractivity contribution in [1.29, 1.82) is 0 Å². The molecule has 0 aromatic carbocycles. The van der Waals surface area contributed by atoms with Crippen molar-refractivity contribution in [3.63, 3.8) is 0 Å². The molecular weight excluding hydrogens is 350 g/mol. The molecule has 1 aliphatic rings. The Kier molecular flexibility index (Phi) is 6.33. The average molecular weight is 384 g/mol. The fourth-order valence-corrected chi connectivity index (χ4v) is 3.80. The number of aryl methyl sites for hydroxylation is 2. The van der Waals surface area contributed by atoms with Crippen LogP contribution in [0.3, 0.4) is 0 Å². The van der Waals surface area contributed by atoms with E-state index in [0.29, 0.717) is 30.2 Å². The first-order chi connectivity index (χ1) is 13.2. The minimum atomic E-state index is -0.548. The third kappa shape index (κ3) is 5.07. The lowest BCUT2D eigenvalue weighted by atomic mass is 9.77. The molecule has 2 aromatic heterocycles. The summed E-state index contributed by atoms with van der Waals surface area (Å²) in [4.78, 5) is 13.6. The van der Waals surface area contributed by atoms with Gasteiger partial charge in [0.25, 0.3) is 0 Å². The summed E-state index contributed by atoms with van der Waals surface area (Å²) in [7, 11) is 0. The number of nitrogens with zero attached hydrogens (tertiary/aromatic N) is 3. The van der Waals surface area contributed by atoms with Crippen LogP contribution in [0.1, 0.15) is 80.9 Å². The molecule has 1 saturated carbocycles. The number of ether oxygens (including phenoxy) is 1. The van der Waals surface area contributed by atoms with Crippen LogP contribution in [-0.4, -0.2) is 32.3 Å². The zero-order chi connectivity index (χ0) is 20.3. The number of rotatable bonds is 6. The van der Waals surface area contributed by atoms with Gasteiger partial charge in [0.1, 0.15) is 5.82 Å². The van der Waals surface area contributed by atoms with E-state index in [0.717, 1.165) is 42.8 Å². The van der Waals surface area contributed by atoms with Gasteiger partial charge >= 0.3 is 0 Å². The molecule has 2 aromatic rings. The van der Waals surface area contributed by atoms with Gasteiger partial charge in [0.2, 0.25) is 5.88 Å². The highest BCUT2D eigenvalue weighted by atomic mass is 16.5. The summed E-state index contributed by atoms with van der Waals surface area (Å²) in [5.74, 6) is 2.39. The first-order valence-electron chi connectivity index (χ1n) is 10.4. The predicted octanol–water partition coefficient (Wildman–Crippen LogP) is 4.72. The molecule has 0 radical (unpaired) electrons. The molecule has 5 heteroatoms. The van der Waals surface area contributed by atoms with Crippen molar-refractivity contribution in [3.8, 4) is 5.88 Å². The summed E-state index contributed by atoms with van der Waals surface area (Å²) >= 11 is 0. The molecule has 0 unspecified atom stereocenters. The van der Waals surface area contributed by atoms with Crippen LogP contribution in [0.4, 0.5) is 0 Å². The van der Waals surface area contributed by atoms with E-state index in [4.69, 9.17) is 4.74 Å². The maximum atomic E-state index is 10.2. The van der Waals surface area contributed by atoms with Gasteiger partial charge in [0.05, 0.1) is 12.2 Å². The quantitative estimate of drug-likeness (QED) is 0.782. The van der Waals surface area contributed by atoms with E-state index in [9.17, 15) is 5.11 Å². The van der Waals surface area contributed by atoms with E-state index in [1.807, 2.05) is 26.2 Å². The van der Waals surface area contributed by atoms with E-state index in [-0.39, 0.29) is 0 Å². The van der Waals surface area contributed by atoms with Crippen LogP contribution in [0.2, 0.25) is 0 Å². The SMILES string of the molecule is Cc1ccc([C@@H](C)[C@H](C)COc2nc(C)ncc2[C@H]2CC[C@@](C)(O)CC2)nc1. The molecule has 1 fully saturated rings. The average Bonchev–Trinajstić information content (AvgIpc) is 2.66. The molecule has 0 spiro atoms. The Morgan fingerprint density at radius 2 is 1.86 bits per heavy atom. The largest absolute Gasteiger partial charge is 0.477 e. The molecule has 2 heterocycles. The lowest BCUT2D eigenvalue weighted by Gasteiger charge is -2.33. The lowest BCUT2D eigenvalue weighted by Crippen LogP contribution is -2.30. The highest BCUT2D eigenvalue weighted by molar-refractivity contribution is 5.28. The summed E-state index contributed by atoms with van der Waals surface area (Å²) in [6.07, 6.45) is 7.32. The van der Waals surface area contributed by atoms with E-state index in [1.165, 1.54) is 5.56 Å². The van der Waals surface area contributed by atoms with E-state index < -0.39 is 5.60 Å². The molecule has 152 valence electrons. The summed E-state index contributed by atoms with van der Waals surface area (Å²) in [6, 6.07) is 4.21. The van der Waals surface area contributed by atoms with Gasteiger partial charge in [0, 0.05) is 29.6 Å². The monoisotopic (exact) mass is 383 g/mol. The number of hydrogen-bond donors (Lipinski definition) is 1.